The number of nitrogen functional groups attached to an aromatic ring is 1. The van der Waals surface area contributed by atoms with Crippen LogP contribution in [0.3, 0.4) is 0 Å². The third-order valence-corrected chi connectivity index (χ3v) is 3.96. The number of carbonyl (C=O) groups is 1. The fraction of sp³-hybridized carbons (Fsp3) is 0.308. The van der Waals surface area contributed by atoms with Gasteiger partial charge in [-0.1, -0.05) is 17.8 Å². The second kappa shape index (κ2) is 6.99. The van der Waals surface area contributed by atoms with Crippen LogP contribution < -0.4 is 15.9 Å². The molecule has 1 amide bonds. The Balaban J connectivity index is 2.05. The van der Waals surface area contributed by atoms with Crippen LogP contribution in [0.2, 0.25) is 0 Å². The number of nitrogens with zero attached hydrogens (tertiary/aromatic N) is 3. The lowest BCUT2D eigenvalue weighted by molar-refractivity contribution is -0.146. The monoisotopic (exact) mass is 361 g/mol. The average Bonchev–Trinajstić information content (AvgIpc) is 2.88. The van der Waals surface area contributed by atoms with Gasteiger partial charge in [-0.15, -0.1) is 10.2 Å². The van der Waals surface area contributed by atoms with Gasteiger partial charge in [0.25, 0.3) is 5.82 Å². The topological polar surface area (TPSA) is 95.1 Å². The van der Waals surface area contributed by atoms with Gasteiger partial charge in [-0.05, 0) is 19.1 Å². The van der Waals surface area contributed by atoms with Crippen LogP contribution in [0.4, 0.5) is 18.9 Å². The van der Waals surface area contributed by atoms with Gasteiger partial charge >= 0.3 is 6.18 Å². The van der Waals surface area contributed by atoms with Gasteiger partial charge in [-0.3, -0.25) is 4.79 Å². The molecule has 7 nitrogen and oxygen atoms in total. The van der Waals surface area contributed by atoms with Crippen molar-refractivity contribution in [2.24, 2.45) is 0 Å². The summed E-state index contributed by atoms with van der Waals surface area (Å²) in [6, 6.07) is 6.68. The number of alkyl halides is 3. The fourth-order valence-electron chi connectivity index (χ4n) is 1.71. The van der Waals surface area contributed by atoms with Crippen LogP contribution in [0.5, 0.6) is 5.75 Å². The number of benzene rings is 1. The number of methoxy groups -OCH3 is 1. The van der Waals surface area contributed by atoms with Crippen molar-refractivity contribution in [1.82, 2.24) is 14.9 Å². The highest BCUT2D eigenvalue weighted by Gasteiger charge is 2.38. The Morgan fingerprint density at radius 3 is 2.71 bits per heavy atom. The van der Waals surface area contributed by atoms with Crippen molar-refractivity contribution in [3.8, 4) is 5.75 Å². The zero-order chi connectivity index (χ0) is 17.9. The van der Waals surface area contributed by atoms with E-state index in [1.54, 1.807) is 24.3 Å². The number of nitrogens with two attached hydrogens (primary N) is 1. The van der Waals surface area contributed by atoms with Gasteiger partial charge in [0.1, 0.15) is 5.75 Å². The second-order valence-electron chi connectivity index (χ2n) is 4.66. The van der Waals surface area contributed by atoms with E-state index in [0.717, 1.165) is 11.8 Å². The number of hydrogen-bond acceptors (Lipinski definition) is 6. The molecule has 0 radical (unpaired) electrons. The van der Waals surface area contributed by atoms with Gasteiger partial charge in [-0.2, -0.15) is 13.2 Å². The summed E-state index contributed by atoms with van der Waals surface area (Å²) in [4.78, 5) is 12.1. The molecule has 3 N–H and O–H groups in total. The molecular formula is C13H14F3N5O2S. The number of halogens is 3. The molecule has 0 spiro atoms. The summed E-state index contributed by atoms with van der Waals surface area (Å²) in [5.74, 6) is 4.14. The second-order valence-corrected chi connectivity index (χ2v) is 5.96. The van der Waals surface area contributed by atoms with Crippen molar-refractivity contribution in [3.05, 3.63) is 30.1 Å². The minimum atomic E-state index is -4.72. The van der Waals surface area contributed by atoms with Crippen molar-refractivity contribution >= 4 is 23.4 Å². The zero-order valence-corrected chi connectivity index (χ0v) is 13.5. The predicted molar refractivity (Wildman–Crippen MR) is 82.1 cm³/mol. The summed E-state index contributed by atoms with van der Waals surface area (Å²) >= 11 is 0.766. The SMILES string of the molecule is COc1cccc(NC(=O)[C@H](C)Sc2nnc(C(F)(F)F)n2N)c1. The molecule has 0 aliphatic carbocycles. The Labute approximate surface area is 139 Å². The maximum atomic E-state index is 12.6. The third kappa shape index (κ3) is 4.10. The predicted octanol–water partition coefficient (Wildman–Crippen LogP) is 2.14. The lowest BCUT2D eigenvalue weighted by Gasteiger charge is -2.12. The minimum absolute atomic E-state index is 0.212. The molecule has 11 heteroatoms. The largest absolute Gasteiger partial charge is 0.497 e. The van der Waals surface area contributed by atoms with E-state index in [0.29, 0.717) is 16.1 Å². The van der Waals surface area contributed by atoms with Crippen molar-refractivity contribution in [1.29, 1.82) is 0 Å². The quantitative estimate of drug-likeness (QED) is 0.626. The molecule has 0 unspecified atom stereocenters. The molecule has 0 aliphatic heterocycles. The summed E-state index contributed by atoms with van der Waals surface area (Å²) in [7, 11) is 1.49. The van der Waals surface area contributed by atoms with Crippen LogP contribution in [0.1, 0.15) is 12.7 Å². The lowest BCUT2D eigenvalue weighted by atomic mass is 10.3. The zero-order valence-electron chi connectivity index (χ0n) is 12.7. The van der Waals surface area contributed by atoms with E-state index in [4.69, 9.17) is 10.6 Å². The van der Waals surface area contributed by atoms with E-state index in [1.165, 1.54) is 14.0 Å². The Bertz CT molecular complexity index is 735. The highest BCUT2D eigenvalue weighted by molar-refractivity contribution is 8.00. The van der Waals surface area contributed by atoms with E-state index in [1.807, 2.05) is 0 Å². The first kappa shape index (κ1) is 17.9. The van der Waals surface area contributed by atoms with E-state index < -0.39 is 23.2 Å². The van der Waals surface area contributed by atoms with E-state index in [2.05, 4.69) is 15.5 Å². The number of carbonyl (C=O) groups excluding carboxylic acids is 1. The van der Waals surface area contributed by atoms with Gasteiger partial charge in [-0.25, -0.2) is 4.68 Å². The third-order valence-electron chi connectivity index (χ3n) is 2.91. The van der Waals surface area contributed by atoms with Crippen LogP contribution >= 0.6 is 11.8 Å². The molecule has 1 atom stereocenters. The summed E-state index contributed by atoms with van der Waals surface area (Å²) in [6.45, 7) is 1.52. The molecule has 1 heterocycles. The molecule has 0 saturated carbocycles. The number of nitrogens with one attached hydrogen (secondary N) is 1. The van der Waals surface area contributed by atoms with Gasteiger partial charge < -0.3 is 15.9 Å². The molecule has 0 aliphatic rings. The number of ether oxygens (including phenoxy) is 1. The number of thioether (sulfide) groups is 1. The molecule has 0 bridgehead atoms. The van der Waals surface area contributed by atoms with Crippen LogP contribution in [-0.4, -0.2) is 33.1 Å². The molecule has 0 saturated heterocycles. The molecule has 0 fully saturated rings. The van der Waals surface area contributed by atoms with E-state index >= 15 is 0 Å². The highest BCUT2D eigenvalue weighted by atomic mass is 32.2. The summed E-state index contributed by atoms with van der Waals surface area (Å²) in [6.07, 6.45) is -4.72. The molecule has 1 aromatic carbocycles. The van der Waals surface area contributed by atoms with Crippen molar-refractivity contribution in [2.75, 3.05) is 18.3 Å². The molecule has 1 aromatic heterocycles. The van der Waals surface area contributed by atoms with Crippen LogP contribution in [0, 0.1) is 0 Å². The van der Waals surface area contributed by atoms with Crippen molar-refractivity contribution in [3.63, 3.8) is 0 Å². The normalized spacial score (nSPS) is 12.7. The standard InChI is InChI=1S/C13H14F3N5O2S/c1-7(10(22)18-8-4-3-5-9(6-8)23-2)24-12-20-19-11(21(12)17)13(14,15)16/h3-7H,17H2,1-2H3,(H,18,22)/t7-/m0/s1. The Morgan fingerprint density at radius 2 is 2.12 bits per heavy atom. The first-order chi connectivity index (χ1) is 11.2. The van der Waals surface area contributed by atoms with E-state index in [-0.39, 0.29) is 5.16 Å². The smallest absolute Gasteiger partial charge is 0.453 e. The van der Waals surface area contributed by atoms with Gasteiger partial charge in [0.2, 0.25) is 11.1 Å². The van der Waals surface area contributed by atoms with Crippen LogP contribution in [0.25, 0.3) is 0 Å². The lowest BCUT2D eigenvalue weighted by Crippen LogP contribution is -2.25. The number of rotatable bonds is 5. The number of aromatic nitrogens is 3. The van der Waals surface area contributed by atoms with E-state index in [9.17, 15) is 18.0 Å². The van der Waals surface area contributed by atoms with Gasteiger partial charge in [0.15, 0.2) is 0 Å². The van der Waals surface area contributed by atoms with Crippen molar-refractivity contribution in [2.45, 2.75) is 23.5 Å². The molecule has 24 heavy (non-hydrogen) atoms. The number of hydrogen-bond donors (Lipinski definition) is 2. The highest BCUT2D eigenvalue weighted by Crippen LogP contribution is 2.30. The van der Waals surface area contributed by atoms with Gasteiger partial charge in [0, 0.05) is 11.8 Å². The molecule has 2 aromatic rings. The molecular weight excluding hydrogens is 347 g/mol. The van der Waals surface area contributed by atoms with Gasteiger partial charge in [0.05, 0.1) is 12.4 Å². The molecule has 2 rings (SSSR count). The Morgan fingerprint density at radius 1 is 1.42 bits per heavy atom. The summed E-state index contributed by atoms with van der Waals surface area (Å²) in [5, 5.41) is 8.04. The maximum absolute atomic E-state index is 12.6. The number of amides is 1. The average molecular weight is 361 g/mol. The Hall–Kier alpha value is -2.43. The summed E-state index contributed by atoms with van der Waals surface area (Å²) in [5.41, 5.74) is 0.497. The minimum Gasteiger partial charge on any atom is -0.497 e. The first-order valence-electron chi connectivity index (χ1n) is 6.61. The first-order valence-corrected chi connectivity index (χ1v) is 7.49. The Kier molecular flexibility index (Phi) is 5.22. The van der Waals surface area contributed by atoms with Crippen LogP contribution in [0.15, 0.2) is 29.4 Å². The molecule has 130 valence electrons. The summed E-state index contributed by atoms with van der Waals surface area (Å²) < 4.78 is 43.2. The van der Waals surface area contributed by atoms with Crippen LogP contribution in [-0.2, 0) is 11.0 Å². The van der Waals surface area contributed by atoms with Crippen molar-refractivity contribution < 1.29 is 22.7 Å². The maximum Gasteiger partial charge on any atom is 0.453 e. The fourth-order valence-corrected chi connectivity index (χ4v) is 2.48. The number of anilines is 1.